The fraction of sp³-hybridized carbons (Fsp3) is 0.440. The zero-order valence-electron chi connectivity index (χ0n) is 18.2. The van der Waals surface area contributed by atoms with Crippen LogP contribution in [0.25, 0.3) is 11.1 Å². The Morgan fingerprint density at radius 3 is 2.67 bits per heavy atom. The molecule has 33 heavy (non-hydrogen) atoms. The Balaban J connectivity index is 1.66. The lowest BCUT2D eigenvalue weighted by atomic mass is 9.77. The Bertz CT molecular complexity index is 1090. The number of hydrogen-bond acceptors (Lipinski definition) is 5. The zero-order valence-corrected chi connectivity index (χ0v) is 18.9. The van der Waals surface area contributed by atoms with Crippen LogP contribution in [0.15, 0.2) is 42.7 Å². The van der Waals surface area contributed by atoms with Crippen molar-refractivity contribution in [2.75, 3.05) is 13.2 Å². The molecule has 2 N–H and O–H groups in total. The maximum atomic E-state index is 14.2. The van der Waals surface area contributed by atoms with Crippen LogP contribution >= 0.6 is 11.6 Å². The highest BCUT2D eigenvalue weighted by atomic mass is 35.5. The Morgan fingerprint density at radius 1 is 1.18 bits per heavy atom. The van der Waals surface area contributed by atoms with E-state index >= 15 is 0 Å². The van der Waals surface area contributed by atoms with Crippen molar-refractivity contribution in [1.82, 2.24) is 9.88 Å². The van der Waals surface area contributed by atoms with E-state index in [9.17, 15) is 14.4 Å². The number of halogens is 1. The highest BCUT2D eigenvalue weighted by molar-refractivity contribution is 6.22. The van der Waals surface area contributed by atoms with Gasteiger partial charge in [0.1, 0.15) is 18.8 Å². The summed E-state index contributed by atoms with van der Waals surface area (Å²) in [5.74, 6) is -1.46. The van der Waals surface area contributed by atoms with Gasteiger partial charge in [0.25, 0.3) is 0 Å². The van der Waals surface area contributed by atoms with Crippen molar-refractivity contribution in [2.24, 2.45) is 11.7 Å². The summed E-state index contributed by atoms with van der Waals surface area (Å²) in [7, 11) is 0. The topological polar surface area (TPSA) is 103 Å². The summed E-state index contributed by atoms with van der Waals surface area (Å²) in [4.78, 5) is 45.2. The Kier molecular flexibility index (Phi) is 5.93. The number of likely N-dealkylation sites (tertiary alicyclic amines) is 1. The SMILES string of the molecule is NC(=O)c1cccc(-c2cccnc2)c1[C@@H](C(=O)N1C[C@H](Cl)[C@H]2OCC(=O)[C@H]21)C1CCCC1. The first-order valence-electron chi connectivity index (χ1n) is 11.4. The number of hydrogen-bond donors (Lipinski definition) is 1. The molecule has 3 fully saturated rings. The highest BCUT2D eigenvalue weighted by Crippen LogP contribution is 2.45. The predicted octanol–water partition coefficient (Wildman–Crippen LogP) is 2.91. The quantitative estimate of drug-likeness (QED) is 0.681. The van der Waals surface area contributed by atoms with Crippen LogP contribution in [0.2, 0.25) is 0 Å². The average Bonchev–Trinajstić information content (AvgIpc) is 3.55. The third-order valence-electron chi connectivity index (χ3n) is 7.20. The number of rotatable bonds is 5. The standard InChI is InChI=1S/C25H26ClN3O4/c26-18-12-29(22-19(30)13-33-23(18)22)25(32)20(14-5-1-2-6-14)21-16(15-7-4-10-28-11-15)8-3-9-17(21)24(27)31/h3-4,7-11,14,18,20,22-23H,1-2,5-6,12-13H2,(H2,27,31)/t18-,20-,22+,23+/m0/s1. The molecular weight excluding hydrogens is 442 g/mol. The van der Waals surface area contributed by atoms with Gasteiger partial charge in [0.2, 0.25) is 11.8 Å². The molecule has 4 atom stereocenters. The van der Waals surface area contributed by atoms with Gasteiger partial charge in [-0.05, 0) is 42.0 Å². The van der Waals surface area contributed by atoms with Gasteiger partial charge in [-0.25, -0.2) is 0 Å². The summed E-state index contributed by atoms with van der Waals surface area (Å²) in [6, 6.07) is 8.40. The fourth-order valence-electron chi connectivity index (χ4n) is 5.74. The van der Waals surface area contributed by atoms with Crippen LogP contribution in [0, 0.1) is 5.92 Å². The number of alkyl halides is 1. The largest absolute Gasteiger partial charge is 0.366 e. The number of pyridine rings is 1. The summed E-state index contributed by atoms with van der Waals surface area (Å²) in [5.41, 5.74) is 8.32. The molecule has 2 saturated heterocycles. The number of amides is 2. The number of ketones is 1. The van der Waals surface area contributed by atoms with E-state index in [1.54, 1.807) is 29.4 Å². The molecule has 7 nitrogen and oxygen atoms in total. The second kappa shape index (κ2) is 8.88. The van der Waals surface area contributed by atoms with Gasteiger partial charge in [0, 0.05) is 30.1 Å². The smallest absolute Gasteiger partial charge is 0.249 e. The van der Waals surface area contributed by atoms with Crippen LogP contribution in [-0.2, 0) is 14.3 Å². The van der Waals surface area contributed by atoms with Crippen molar-refractivity contribution in [3.63, 3.8) is 0 Å². The molecule has 0 radical (unpaired) electrons. The number of carbonyl (C=O) groups excluding carboxylic acids is 3. The van der Waals surface area contributed by atoms with Gasteiger partial charge in [-0.1, -0.05) is 31.0 Å². The molecule has 172 valence electrons. The first kappa shape index (κ1) is 22.0. The van der Waals surface area contributed by atoms with E-state index in [0.717, 1.165) is 36.8 Å². The van der Waals surface area contributed by atoms with Gasteiger partial charge in [-0.2, -0.15) is 0 Å². The van der Waals surface area contributed by atoms with Crippen molar-refractivity contribution in [2.45, 2.75) is 49.1 Å². The number of fused-ring (bicyclic) bond motifs is 1. The van der Waals surface area contributed by atoms with E-state index in [1.807, 2.05) is 18.2 Å². The van der Waals surface area contributed by atoms with E-state index in [2.05, 4.69) is 4.98 Å². The molecule has 2 aliphatic heterocycles. The number of benzene rings is 1. The summed E-state index contributed by atoms with van der Waals surface area (Å²) < 4.78 is 5.59. The molecule has 5 rings (SSSR count). The molecule has 8 heteroatoms. The summed E-state index contributed by atoms with van der Waals surface area (Å²) in [5, 5.41) is -0.446. The van der Waals surface area contributed by atoms with Gasteiger partial charge in [-0.15, -0.1) is 11.6 Å². The van der Waals surface area contributed by atoms with E-state index in [4.69, 9.17) is 22.1 Å². The van der Waals surface area contributed by atoms with Crippen molar-refractivity contribution < 1.29 is 19.1 Å². The average molecular weight is 468 g/mol. The minimum Gasteiger partial charge on any atom is -0.366 e. The molecule has 1 aromatic carbocycles. The zero-order chi connectivity index (χ0) is 23.1. The fourth-order valence-corrected chi connectivity index (χ4v) is 6.10. The van der Waals surface area contributed by atoms with Gasteiger partial charge >= 0.3 is 0 Å². The Hall–Kier alpha value is -2.77. The molecule has 1 aromatic heterocycles. The maximum absolute atomic E-state index is 14.2. The monoisotopic (exact) mass is 467 g/mol. The molecule has 3 aliphatic rings. The van der Waals surface area contributed by atoms with E-state index in [0.29, 0.717) is 11.1 Å². The van der Waals surface area contributed by atoms with Gasteiger partial charge in [0.15, 0.2) is 5.78 Å². The molecule has 0 spiro atoms. The molecule has 2 aromatic rings. The Labute approximate surface area is 197 Å². The van der Waals surface area contributed by atoms with Crippen molar-refractivity contribution in [1.29, 1.82) is 0 Å². The first-order valence-corrected chi connectivity index (χ1v) is 11.8. The number of carbonyl (C=O) groups is 3. The number of aromatic nitrogens is 1. The predicted molar refractivity (Wildman–Crippen MR) is 123 cm³/mol. The third-order valence-corrected chi connectivity index (χ3v) is 7.58. The van der Waals surface area contributed by atoms with E-state index in [-0.39, 0.29) is 30.8 Å². The lowest BCUT2D eigenvalue weighted by molar-refractivity contribution is -0.138. The van der Waals surface area contributed by atoms with Crippen LogP contribution in [0.4, 0.5) is 0 Å². The lowest BCUT2D eigenvalue weighted by Crippen LogP contribution is -2.45. The second-order valence-electron chi connectivity index (χ2n) is 9.09. The Morgan fingerprint density at radius 2 is 1.97 bits per heavy atom. The van der Waals surface area contributed by atoms with Gasteiger partial charge < -0.3 is 15.4 Å². The van der Waals surface area contributed by atoms with Crippen LogP contribution in [0.1, 0.15) is 47.5 Å². The van der Waals surface area contributed by atoms with Crippen LogP contribution < -0.4 is 5.73 Å². The number of primary amides is 1. The van der Waals surface area contributed by atoms with Crippen molar-refractivity contribution in [3.05, 3.63) is 53.9 Å². The first-order chi connectivity index (χ1) is 16.0. The second-order valence-corrected chi connectivity index (χ2v) is 9.65. The number of Topliss-reactive ketones (excluding diaryl/α,β-unsaturated/α-hetero) is 1. The number of nitrogens with zero attached hydrogens (tertiary/aromatic N) is 2. The molecule has 1 saturated carbocycles. The van der Waals surface area contributed by atoms with Crippen molar-refractivity contribution in [3.8, 4) is 11.1 Å². The molecule has 2 amide bonds. The minimum atomic E-state index is -0.675. The molecule has 1 aliphatic carbocycles. The van der Waals surface area contributed by atoms with Crippen LogP contribution in [0.3, 0.4) is 0 Å². The number of ether oxygens (including phenoxy) is 1. The van der Waals surface area contributed by atoms with Gasteiger partial charge in [-0.3, -0.25) is 19.4 Å². The van der Waals surface area contributed by atoms with E-state index in [1.165, 1.54) is 0 Å². The van der Waals surface area contributed by atoms with Gasteiger partial charge in [0.05, 0.1) is 11.3 Å². The maximum Gasteiger partial charge on any atom is 0.249 e. The van der Waals surface area contributed by atoms with Crippen LogP contribution in [-0.4, -0.2) is 58.2 Å². The minimum absolute atomic E-state index is 0.0325. The molecule has 3 heterocycles. The summed E-state index contributed by atoms with van der Waals surface area (Å²) >= 11 is 6.48. The summed E-state index contributed by atoms with van der Waals surface area (Å²) in [6.45, 7) is 0.209. The number of nitrogens with two attached hydrogens (primary N) is 1. The normalized spacial score (nSPS) is 25.9. The molecule has 0 bridgehead atoms. The van der Waals surface area contributed by atoms with E-state index < -0.39 is 29.3 Å². The summed E-state index contributed by atoms with van der Waals surface area (Å²) in [6.07, 6.45) is 6.67. The lowest BCUT2D eigenvalue weighted by Gasteiger charge is -2.32. The van der Waals surface area contributed by atoms with Crippen LogP contribution in [0.5, 0.6) is 0 Å². The third kappa shape index (κ3) is 3.83. The van der Waals surface area contributed by atoms with Crippen molar-refractivity contribution >= 4 is 29.2 Å². The molecule has 0 unspecified atom stereocenters. The molecular formula is C25H26ClN3O4. The highest BCUT2D eigenvalue weighted by Gasteiger charge is 2.53.